The van der Waals surface area contributed by atoms with E-state index in [1.807, 2.05) is 0 Å². The minimum absolute atomic E-state index is 0.00446. The molecule has 24 heavy (non-hydrogen) atoms. The summed E-state index contributed by atoms with van der Waals surface area (Å²) in [7, 11) is 0. The number of hydrogen-bond donors (Lipinski definition) is 2. The van der Waals surface area contributed by atoms with Gasteiger partial charge in [-0.2, -0.15) is 0 Å². The Balaban J connectivity index is 1.73. The summed E-state index contributed by atoms with van der Waals surface area (Å²) in [5.41, 5.74) is 1.76. The van der Waals surface area contributed by atoms with E-state index >= 15 is 0 Å². The first-order chi connectivity index (χ1) is 11.7. The number of ether oxygens (including phenoxy) is 2. The van der Waals surface area contributed by atoms with Crippen LogP contribution in [0.1, 0.15) is 0 Å². The van der Waals surface area contributed by atoms with Gasteiger partial charge in [0.2, 0.25) is 0 Å². The van der Waals surface area contributed by atoms with Crippen molar-refractivity contribution < 1.29 is 19.7 Å². The van der Waals surface area contributed by atoms with Gasteiger partial charge in [-0.1, -0.05) is 11.6 Å². The lowest BCUT2D eigenvalue weighted by atomic mass is 10.3. The van der Waals surface area contributed by atoms with Crippen LogP contribution in [0, 0.1) is 0 Å². The third-order valence-corrected chi connectivity index (χ3v) is 3.47. The average Bonchev–Trinajstić information content (AvgIpc) is 2.97. The summed E-state index contributed by atoms with van der Waals surface area (Å²) in [5.74, 6) is 0.499. The highest BCUT2D eigenvalue weighted by Crippen LogP contribution is 2.27. The van der Waals surface area contributed by atoms with E-state index in [-0.39, 0.29) is 19.0 Å². The molecule has 0 saturated heterocycles. The molecule has 0 saturated carbocycles. The molecule has 0 aliphatic carbocycles. The molecular formula is C16H16ClN3O4. The van der Waals surface area contributed by atoms with Gasteiger partial charge in [-0.25, -0.2) is 0 Å². The van der Waals surface area contributed by atoms with E-state index in [4.69, 9.17) is 26.2 Å². The Kier molecular flexibility index (Phi) is 5.14. The summed E-state index contributed by atoms with van der Waals surface area (Å²) in [4.78, 5) is 1.35. The highest BCUT2D eigenvalue weighted by Gasteiger charge is 2.10. The van der Waals surface area contributed by atoms with Crippen molar-refractivity contribution in [2.45, 2.75) is 0 Å². The highest BCUT2D eigenvalue weighted by atomic mass is 35.5. The molecule has 0 unspecified atom stereocenters. The Labute approximate surface area is 143 Å². The number of phenols is 1. The Morgan fingerprint density at radius 2 is 1.83 bits per heavy atom. The Morgan fingerprint density at radius 3 is 2.62 bits per heavy atom. The van der Waals surface area contributed by atoms with Gasteiger partial charge < -0.3 is 19.7 Å². The number of rotatable bonds is 7. The van der Waals surface area contributed by atoms with Crippen LogP contribution in [0.4, 0.5) is 0 Å². The molecule has 8 heteroatoms. The maximum Gasteiger partial charge on any atom is 0.146 e. The molecule has 1 aromatic heterocycles. The molecule has 0 fully saturated rings. The van der Waals surface area contributed by atoms with Gasteiger partial charge in [0.15, 0.2) is 0 Å². The number of aliphatic hydroxyl groups is 1. The van der Waals surface area contributed by atoms with E-state index in [0.717, 1.165) is 0 Å². The van der Waals surface area contributed by atoms with Gasteiger partial charge in [-0.15, -0.1) is 15.0 Å². The SMILES string of the molecule is OCCOCCOc1ccc(-n2nc3ccc(Cl)cc3n2)c(O)c1. The molecule has 3 aromatic rings. The molecule has 0 radical (unpaired) electrons. The molecule has 0 aliphatic heterocycles. The van der Waals surface area contributed by atoms with Crippen molar-refractivity contribution in [3.05, 3.63) is 41.4 Å². The second-order valence-corrected chi connectivity index (χ2v) is 5.39. The van der Waals surface area contributed by atoms with Crippen molar-refractivity contribution in [3.63, 3.8) is 0 Å². The number of aromatic hydroxyl groups is 1. The molecule has 126 valence electrons. The number of phenolic OH excluding ortho intramolecular Hbond substituents is 1. The van der Waals surface area contributed by atoms with Crippen molar-refractivity contribution in [3.8, 4) is 17.2 Å². The second kappa shape index (κ2) is 7.48. The predicted molar refractivity (Wildman–Crippen MR) is 88.9 cm³/mol. The van der Waals surface area contributed by atoms with Crippen molar-refractivity contribution in [1.82, 2.24) is 15.0 Å². The normalized spacial score (nSPS) is 11.1. The molecule has 0 atom stereocenters. The topological polar surface area (TPSA) is 89.6 Å². The molecule has 0 bridgehead atoms. The summed E-state index contributed by atoms with van der Waals surface area (Å²) in [6.07, 6.45) is 0. The smallest absolute Gasteiger partial charge is 0.146 e. The molecule has 2 N–H and O–H groups in total. The number of aliphatic hydroxyl groups excluding tert-OH is 1. The molecule has 3 rings (SSSR count). The monoisotopic (exact) mass is 349 g/mol. The van der Waals surface area contributed by atoms with Crippen LogP contribution in [0.25, 0.3) is 16.7 Å². The van der Waals surface area contributed by atoms with Crippen LogP contribution < -0.4 is 4.74 Å². The first kappa shape index (κ1) is 16.5. The third kappa shape index (κ3) is 3.76. The molecular weight excluding hydrogens is 334 g/mol. The van der Waals surface area contributed by atoms with Crippen LogP contribution in [-0.2, 0) is 4.74 Å². The van der Waals surface area contributed by atoms with Crippen molar-refractivity contribution in [2.24, 2.45) is 0 Å². The van der Waals surface area contributed by atoms with Gasteiger partial charge in [0.1, 0.15) is 34.8 Å². The Morgan fingerprint density at radius 1 is 1.00 bits per heavy atom. The second-order valence-electron chi connectivity index (χ2n) is 4.96. The van der Waals surface area contributed by atoms with Gasteiger partial charge in [-0.3, -0.25) is 0 Å². The Bertz CT molecular complexity index is 837. The molecule has 0 amide bonds. The van der Waals surface area contributed by atoms with Crippen molar-refractivity contribution >= 4 is 22.6 Å². The molecule has 1 heterocycles. The fourth-order valence-electron chi connectivity index (χ4n) is 2.14. The summed E-state index contributed by atoms with van der Waals surface area (Å²) in [6.45, 7) is 0.930. The van der Waals surface area contributed by atoms with E-state index in [1.54, 1.807) is 30.3 Å². The minimum Gasteiger partial charge on any atom is -0.505 e. The maximum atomic E-state index is 10.2. The van der Waals surface area contributed by atoms with E-state index in [2.05, 4.69) is 10.2 Å². The number of nitrogens with zero attached hydrogens (tertiary/aromatic N) is 3. The summed E-state index contributed by atoms with van der Waals surface area (Å²) in [5, 5.41) is 28.0. The van der Waals surface area contributed by atoms with Gasteiger partial charge in [-0.05, 0) is 30.3 Å². The van der Waals surface area contributed by atoms with Gasteiger partial charge >= 0.3 is 0 Å². The zero-order valence-electron chi connectivity index (χ0n) is 12.7. The first-order valence-corrected chi connectivity index (χ1v) is 7.72. The molecule has 0 aliphatic rings. The number of aromatic nitrogens is 3. The third-order valence-electron chi connectivity index (χ3n) is 3.24. The zero-order valence-corrected chi connectivity index (χ0v) is 13.5. The minimum atomic E-state index is -0.0219. The number of benzene rings is 2. The zero-order chi connectivity index (χ0) is 16.9. The Hall–Kier alpha value is -2.35. The molecule has 2 aromatic carbocycles. The predicted octanol–water partition coefficient (Wildman–Crippen LogP) is 2.17. The fraction of sp³-hybridized carbons (Fsp3) is 0.250. The van der Waals surface area contributed by atoms with Crippen molar-refractivity contribution in [1.29, 1.82) is 0 Å². The average molecular weight is 350 g/mol. The first-order valence-electron chi connectivity index (χ1n) is 7.35. The van der Waals surface area contributed by atoms with Crippen LogP contribution in [-0.4, -0.2) is 51.6 Å². The number of halogens is 1. The number of hydrogen-bond acceptors (Lipinski definition) is 6. The van der Waals surface area contributed by atoms with E-state index < -0.39 is 0 Å². The van der Waals surface area contributed by atoms with Crippen LogP contribution in [0.15, 0.2) is 36.4 Å². The van der Waals surface area contributed by atoms with Crippen LogP contribution in [0.2, 0.25) is 5.02 Å². The lowest BCUT2D eigenvalue weighted by Gasteiger charge is -2.09. The lowest BCUT2D eigenvalue weighted by molar-refractivity contribution is 0.0705. The van der Waals surface area contributed by atoms with Crippen LogP contribution in [0.5, 0.6) is 11.5 Å². The summed E-state index contributed by atoms with van der Waals surface area (Å²) < 4.78 is 10.6. The fourth-order valence-corrected chi connectivity index (χ4v) is 2.31. The van der Waals surface area contributed by atoms with Gasteiger partial charge in [0.25, 0.3) is 0 Å². The van der Waals surface area contributed by atoms with E-state index in [1.165, 1.54) is 10.9 Å². The molecule has 0 spiro atoms. The number of fused-ring (bicyclic) bond motifs is 1. The lowest BCUT2D eigenvalue weighted by Crippen LogP contribution is -2.09. The summed E-state index contributed by atoms with van der Waals surface area (Å²) >= 11 is 5.94. The maximum absolute atomic E-state index is 10.2. The van der Waals surface area contributed by atoms with Gasteiger partial charge in [0, 0.05) is 11.1 Å². The van der Waals surface area contributed by atoms with Gasteiger partial charge in [0.05, 0.1) is 19.8 Å². The van der Waals surface area contributed by atoms with Crippen LogP contribution in [0.3, 0.4) is 0 Å². The van der Waals surface area contributed by atoms with E-state index in [0.29, 0.717) is 40.7 Å². The standard InChI is InChI=1S/C16H16ClN3O4/c17-11-1-3-13-14(9-11)19-20(18-13)15-4-2-12(10-16(15)22)24-8-7-23-6-5-21/h1-4,9-10,21-22H,5-8H2. The summed E-state index contributed by atoms with van der Waals surface area (Å²) in [6, 6.07) is 10.1. The highest BCUT2D eigenvalue weighted by molar-refractivity contribution is 6.31. The molecule has 7 nitrogen and oxygen atoms in total. The van der Waals surface area contributed by atoms with Crippen LogP contribution >= 0.6 is 11.6 Å². The largest absolute Gasteiger partial charge is 0.505 e. The van der Waals surface area contributed by atoms with Crippen molar-refractivity contribution in [2.75, 3.05) is 26.4 Å². The quantitative estimate of drug-likeness (QED) is 0.635. The van der Waals surface area contributed by atoms with E-state index in [9.17, 15) is 5.11 Å².